The maximum atomic E-state index is 13.1. The molecule has 0 fully saturated rings. The SMILES string of the molecule is O=C(NC1CCc2nn(Cc3cccnc3)c(=O)n2CC1)c1cccnc1C(F)(F)F. The summed E-state index contributed by atoms with van der Waals surface area (Å²) in [5, 5.41) is 7.04. The van der Waals surface area contributed by atoms with Crippen LogP contribution in [0.3, 0.4) is 0 Å². The van der Waals surface area contributed by atoms with Crippen LogP contribution in [0.2, 0.25) is 0 Å². The fraction of sp³-hybridized carbons (Fsp3) is 0.350. The van der Waals surface area contributed by atoms with E-state index in [0.29, 0.717) is 38.2 Å². The second kappa shape index (κ2) is 8.32. The summed E-state index contributed by atoms with van der Waals surface area (Å²) in [4.78, 5) is 32.5. The first-order valence-electron chi connectivity index (χ1n) is 9.71. The minimum Gasteiger partial charge on any atom is -0.349 e. The number of aromatic nitrogens is 5. The van der Waals surface area contributed by atoms with Crippen LogP contribution in [0.15, 0.2) is 47.7 Å². The van der Waals surface area contributed by atoms with Crippen molar-refractivity contribution in [3.05, 3.63) is 76.0 Å². The predicted octanol–water partition coefficient (Wildman–Crippen LogP) is 2.04. The lowest BCUT2D eigenvalue weighted by Crippen LogP contribution is -2.37. The van der Waals surface area contributed by atoms with E-state index >= 15 is 0 Å². The zero-order chi connectivity index (χ0) is 22.0. The Kier molecular flexibility index (Phi) is 5.57. The van der Waals surface area contributed by atoms with E-state index in [1.165, 1.54) is 10.7 Å². The molecule has 1 unspecified atom stereocenters. The number of hydrogen-bond donors (Lipinski definition) is 1. The molecule has 3 aromatic rings. The zero-order valence-corrected chi connectivity index (χ0v) is 16.3. The predicted molar refractivity (Wildman–Crippen MR) is 103 cm³/mol. The van der Waals surface area contributed by atoms with Crippen molar-refractivity contribution in [3.8, 4) is 0 Å². The van der Waals surface area contributed by atoms with Gasteiger partial charge in [-0.3, -0.25) is 19.3 Å². The topological polar surface area (TPSA) is 94.7 Å². The highest BCUT2D eigenvalue weighted by Crippen LogP contribution is 2.30. The Morgan fingerprint density at radius 1 is 1.19 bits per heavy atom. The number of pyridine rings is 2. The number of nitrogens with one attached hydrogen (secondary N) is 1. The fourth-order valence-corrected chi connectivity index (χ4v) is 3.62. The lowest BCUT2D eigenvalue weighted by Gasteiger charge is -2.17. The normalized spacial score (nSPS) is 16.4. The molecule has 0 bridgehead atoms. The van der Waals surface area contributed by atoms with Crippen LogP contribution >= 0.6 is 0 Å². The molecular formula is C20H19F3N6O2. The maximum absolute atomic E-state index is 13.1. The van der Waals surface area contributed by atoms with Crippen LogP contribution in [0, 0.1) is 0 Å². The number of aryl methyl sites for hydroxylation is 1. The number of rotatable bonds is 4. The number of amides is 1. The first-order valence-corrected chi connectivity index (χ1v) is 9.71. The largest absolute Gasteiger partial charge is 0.434 e. The maximum Gasteiger partial charge on any atom is 0.434 e. The Morgan fingerprint density at radius 3 is 2.74 bits per heavy atom. The summed E-state index contributed by atoms with van der Waals surface area (Å²) in [6.45, 7) is 0.611. The molecule has 1 aliphatic heterocycles. The van der Waals surface area contributed by atoms with E-state index in [-0.39, 0.29) is 11.7 Å². The van der Waals surface area contributed by atoms with Gasteiger partial charge in [0.1, 0.15) is 5.82 Å². The number of carbonyl (C=O) groups excluding carboxylic acids is 1. The molecule has 0 saturated heterocycles. The molecule has 1 amide bonds. The quantitative estimate of drug-likeness (QED) is 0.681. The highest BCUT2D eigenvalue weighted by molar-refractivity contribution is 5.95. The second-order valence-electron chi connectivity index (χ2n) is 7.26. The van der Waals surface area contributed by atoms with Crippen molar-refractivity contribution in [3.63, 3.8) is 0 Å². The van der Waals surface area contributed by atoms with Gasteiger partial charge in [0.05, 0.1) is 12.1 Å². The van der Waals surface area contributed by atoms with Gasteiger partial charge in [-0.15, -0.1) is 0 Å². The molecule has 4 rings (SSSR count). The lowest BCUT2D eigenvalue weighted by atomic mass is 10.1. The molecule has 8 nitrogen and oxygen atoms in total. The summed E-state index contributed by atoms with van der Waals surface area (Å²) in [5.74, 6) is -0.248. The van der Waals surface area contributed by atoms with Crippen LogP contribution in [-0.4, -0.2) is 36.3 Å². The van der Waals surface area contributed by atoms with Crippen molar-refractivity contribution in [1.29, 1.82) is 0 Å². The minimum atomic E-state index is -4.72. The minimum absolute atomic E-state index is 0.266. The zero-order valence-electron chi connectivity index (χ0n) is 16.3. The molecule has 11 heteroatoms. The molecule has 4 heterocycles. The summed E-state index contributed by atoms with van der Waals surface area (Å²) < 4.78 is 42.3. The van der Waals surface area contributed by atoms with Crippen molar-refractivity contribution in [1.82, 2.24) is 29.6 Å². The van der Waals surface area contributed by atoms with Crippen LogP contribution in [0.25, 0.3) is 0 Å². The highest BCUT2D eigenvalue weighted by Gasteiger charge is 2.37. The molecular weight excluding hydrogens is 413 g/mol. The van der Waals surface area contributed by atoms with Crippen LogP contribution in [-0.2, 0) is 25.7 Å². The van der Waals surface area contributed by atoms with Crippen LogP contribution < -0.4 is 11.0 Å². The van der Waals surface area contributed by atoms with Gasteiger partial charge in [-0.05, 0) is 36.6 Å². The van der Waals surface area contributed by atoms with Gasteiger partial charge in [0.25, 0.3) is 5.91 Å². The molecule has 1 atom stereocenters. The average molecular weight is 432 g/mol. The third-order valence-corrected chi connectivity index (χ3v) is 5.13. The van der Waals surface area contributed by atoms with E-state index in [0.717, 1.165) is 17.8 Å². The van der Waals surface area contributed by atoms with Gasteiger partial charge in [0.2, 0.25) is 0 Å². The molecule has 1 N–H and O–H groups in total. The number of carbonyl (C=O) groups is 1. The van der Waals surface area contributed by atoms with Crippen LogP contribution in [0.1, 0.15) is 40.3 Å². The fourth-order valence-electron chi connectivity index (χ4n) is 3.62. The molecule has 0 radical (unpaired) electrons. The van der Waals surface area contributed by atoms with E-state index in [4.69, 9.17) is 0 Å². The average Bonchev–Trinajstić information content (AvgIpc) is 2.91. The number of halogens is 3. The van der Waals surface area contributed by atoms with Crippen molar-refractivity contribution in [2.45, 2.75) is 44.6 Å². The molecule has 162 valence electrons. The van der Waals surface area contributed by atoms with Gasteiger partial charge in [0.15, 0.2) is 5.69 Å². The molecule has 0 aliphatic carbocycles. The van der Waals surface area contributed by atoms with Gasteiger partial charge in [0, 0.05) is 37.6 Å². The van der Waals surface area contributed by atoms with Gasteiger partial charge in [-0.1, -0.05) is 6.07 Å². The van der Waals surface area contributed by atoms with Crippen molar-refractivity contribution >= 4 is 5.91 Å². The van der Waals surface area contributed by atoms with Gasteiger partial charge in [-0.2, -0.15) is 18.3 Å². The van der Waals surface area contributed by atoms with E-state index < -0.39 is 23.3 Å². The molecule has 1 aliphatic rings. The van der Waals surface area contributed by atoms with E-state index in [2.05, 4.69) is 20.4 Å². The van der Waals surface area contributed by atoms with Crippen molar-refractivity contribution in [2.75, 3.05) is 0 Å². The Labute approximate surface area is 174 Å². The van der Waals surface area contributed by atoms with E-state index in [9.17, 15) is 22.8 Å². The lowest BCUT2D eigenvalue weighted by molar-refractivity contribution is -0.141. The first kappa shape index (κ1) is 20.8. The van der Waals surface area contributed by atoms with Gasteiger partial charge in [-0.25, -0.2) is 9.48 Å². The van der Waals surface area contributed by atoms with E-state index in [1.807, 2.05) is 6.07 Å². The Bertz CT molecular complexity index is 1140. The van der Waals surface area contributed by atoms with Crippen molar-refractivity contribution < 1.29 is 18.0 Å². The molecule has 0 spiro atoms. The molecule has 3 aromatic heterocycles. The Hall–Kier alpha value is -3.50. The highest BCUT2D eigenvalue weighted by atomic mass is 19.4. The third-order valence-electron chi connectivity index (χ3n) is 5.13. The molecule has 31 heavy (non-hydrogen) atoms. The summed E-state index contributed by atoms with van der Waals surface area (Å²) in [6.07, 6.45) is 0.858. The van der Waals surface area contributed by atoms with Crippen LogP contribution in [0.5, 0.6) is 0 Å². The number of nitrogens with zero attached hydrogens (tertiary/aromatic N) is 5. The third kappa shape index (κ3) is 4.49. The smallest absolute Gasteiger partial charge is 0.349 e. The summed E-state index contributed by atoms with van der Waals surface area (Å²) in [7, 11) is 0. The Balaban J connectivity index is 1.45. The standard InChI is InChI=1S/C20H19F3N6O2/c21-20(22,23)17-15(4-2-9-25-17)18(30)26-14-5-6-16-27-29(19(31)28(16)10-7-14)12-13-3-1-8-24-11-13/h1-4,8-9,11,14H,5-7,10,12H2,(H,26,30). The molecule has 0 saturated carbocycles. The summed E-state index contributed by atoms with van der Waals surface area (Å²) >= 11 is 0. The van der Waals surface area contributed by atoms with Crippen LogP contribution in [0.4, 0.5) is 13.2 Å². The van der Waals surface area contributed by atoms with Gasteiger partial charge >= 0.3 is 11.9 Å². The number of fused-ring (bicyclic) bond motifs is 1. The second-order valence-corrected chi connectivity index (χ2v) is 7.26. The summed E-state index contributed by atoms with van der Waals surface area (Å²) in [6, 6.07) is 5.63. The van der Waals surface area contributed by atoms with E-state index in [1.54, 1.807) is 23.0 Å². The molecule has 0 aromatic carbocycles. The van der Waals surface area contributed by atoms with Gasteiger partial charge < -0.3 is 5.32 Å². The first-order chi connectivity index (χ1) is 14.8. The summed E-state index contributed by atoms with van der Waals surface area (Å²) in [5.41, 5.74) is -1.15. The number of alkyl halides is 3. The monoisotopic (exact) mass is 432 g/mol. The number of hydrogen-bond acceptors (Lipinski definition) is 5. The van der Waals surface area contributed by atoms with Crippen molar-refractivity contribution in [2.24, 2.45) is 0 Å². The Morgan fingerprint density at radius 2 is 2.00 bits per heavy atom.